The third-order valence-corrected chi connectivity index (χ3v) is 5.30. The Morgan fingerprint density at radius 2 is 1.43 bits per heavy atom. The van der Waals surface area contributed by atoms with Crippen LogP contribution in [-0.4, -0.2) is 30.5 Å². The molecule has 1 aliphatic rings. The van der Waals surface area contributed by atoms with E-state index in [1.54, 1.807) is 50.6 Å². The Bertz CT molecular complexity index is 1110. The lowest BCUT2D eigenvalue weighted by Crippen LogP contribution is -3.00. The molecule has 1 unspecified atom stereocenters. The van der Waals surface area contributed by atoms with E-state index in [-0.39, 0.29) is 30.1 Å². The first kappa shape index (κ1) is 21.8. The number of methoxy groups -OCH3 is 2. The second-order valence-electron chi connectivity index (χ2n) is 7.07. The quantitative estimate of drug-likeness (QED) is 0.592. The molecule has 0 N–H and O–H groups in total. The largest absolute Gasteiger partial charge is 1.00 e. The summed E-state index contributed by atoms with van der Waals surface area (Å²) in [5.41, 5.74) is 3.24. The Kier molecular flexibility index (Phi) is 6.42. The summed E-state index contributed by atoms with van der Waals surface area (Å²) >= 11 is 0. The minimum atomic E-state index is -0.362. The van der Waals surface area contributed by atoms with Gasteiger partial charge in [-0.25, -0.2) is 4.39 Å². The van der Waals surface area contributed by atoms with Gasteiger partial charge in [0.05, 0.1) is 25.3 Å². The summed E-state index contributed by atoms with van der Waals surface area (Å²) in [5, 5.41) is 0. The van der Waals surface area contributed by atoms with Gasteiger partial charge in [0.15, 0.2) is 23.4 Å². The number of ether oxygens (including phenoxy) is 2. The minimum absolute atomic E-state index is 0. The highest BCUT2D eigenvalue weighted by molar-refractivity contribution is 6.12. The van der Waals surface area contributed by atoms with Gasteiger partial charge in [-0.3, -0.25) is 0 Å². The van der Waals surface area contributed by atoms with Crippen molar-refractivity contribution in [3.63, 3.8) is 0 Å². The smallest absolute Gasteiger partial charge is 0.242 e. The number of hydrogen-bond acceptors (Lipinski definition) is 2. The van der Waals surface area contributed by atoms with E-state index in [1.165, 1.54) is 12.1 Å². The van der Waals surface area contributed by atoms with Crippen molar-refractivity contribution in [3.8, 4) is 11.5 Å². The molecular weight excluding hydrogens is 408 g/mol. The maximum Gasteiger partial charge on any atom is 0.242 e. The van der Waals surface area contributed by atoms with Crippen LogP contribution in [0, 0.1) is 11.6 Å². The van der Waals surface area contributed by atoms with Gasteiger partial charge < -0.3 is 21.9 Å². The number of nitrogens with zero attached hydrogens (tertiary/aromatic N) is 1. The van der Waals surface area contributed by atoms with E-state index >= 15 is 0 Å². The number of hydrogen-bond donors (Lipinski definition) is 0. The van der Waals surface area contributed by atoms with Gasteiger partial charge in [0, 0.05) is 12.5 Å². The molecule has 3 aromatic rings. The molecule has 156 valence electrons. The molecule has 0 aromatic heterocycles. The lowest BCUT2D eigenvalue weighted by atomic mass is 9.88. The molecule has 0 fully saturated rings. The fraction of sp³-hybridized carbons (Fsp3) is 0.208. The van der Waals surface area contributed by atoms with E-state index in [0.717, 1.165) is 11.1 Å². The van der Waals surface area contributed by atoms with Crippen molar-refractivity contribution in [2.24, 2.45) is 0 Å². The van der Waals surface area contributed by atoms with Crippen LogP contribution in [-0.2, 0) is 6.42 Å². The zero-order valence-electron chi connectivity index (χ0n) is 17.0. The van der Waals surface area contributed by atoms with Gasteiger partial charge >= 0.3 is 0 Å². The Morgan fingerprint density at radius 3 is 2.07 bits per heavy atom. The summed E-state index contributed by atoms with van der Waals surface area (Å²) < 4.78 is 42.5. The lowest BCUT2D eigenvalue weighted by Gasteiger charge is -2.25. The highest BCUT2D eigenvalue weighted by Crippen LogP contribution is 2.37. The molecule has 0 bridgehead atoms. The predicted molar refractivity (Wildman–Crippen MR) is 109 cm³/mol. The van der Waals surface area contributed by atoms with Gasteiger partial charge in [0.1, 0.15) is 5.82 Å². The second-order valence-corrected chi connectivity index (χ2v) is 7.07. The zero-order chi connectivity index (χ0) is 20.5. The summed E-state index contributed by atoms with van der Waals surface area (Å²) in [6.07, 6.45) is 0.655. The third kappa shape index (κ3) is 3.65. The normalized spacial score (nSPS) is 15.3. The summed E-state index contributed by atoms with van der Waals surface area (Å²) in [6.45, 7) is 2.01. The van der Waals surface area contributed by atoms with Gasteiger partial charge in [-0.05, 0) is 42.8 Å². The average Bonchev–Trinajstić information content (AvgIpc) is 2.73. The molecule has 1 heterocycles. The van der Waals surface area contributed by atoms with Gasteiger partial charge in [0.2, 0.25) is 11.4 Å². The average molecular weight is 430 g/mol. The molecule has 6 heteroatoms. The van der Waals surface area contributed by atoms with Crippen LogP contribution in [0.4, 0.5) is 14.5 Å². The van der Waals surface area contributed by atoms with Crippen LogP contribution in [0.1, 0.15) is 23.6 Å². The molecule has 1 aliphatic heterocycles. The Hall–Kier alpha value is -2.92. The van der Waals surface area contributed by atoms with E-state index < -0.39 is 0 Å². The molecule has 30 heavy (non-hydrogen) atoms. The minimum Gasteiger partial charge on any atom is -1.00 e. The van der Waals surface area contributed by atoms with Crippen LogP contribution >= 0.6 is 0 Å². The SMILES string of the molecule is COc1cc2c(cc1OC)C(c1ccccc1F)=[N+](c1ccccc1F)C(C)C2.[Cl-]. The molecule has 1 atom stereocenters. The number of rotatable bonds is 4. The number of benzene rings is 3. The highest BCUT2D eigenvalue weighted by Gasteiger charge is 2.37. The van der Waals surface area contributed by atoms with Gasteiger partial charge in [-0.15, -0.1) is 0 Å². The Labute approximate surface area is 181 Å². The molecule has 3 nitrogen and oxygen atoms in total. The lowest BCUT2D eigenvalue weighted by molar-refractivity contribution is -0.483. The van der Waals surface area contributed by atoms with Crippen molar-refractivity contribution >= 4 is 11.4 Å². The first-order valence-corrected chi connectivity index (χ1v) is 9.46. The van der Waals surface area contributed by atoms with Crippen LogP contribution in [0.3, 0.4) is 0 Å². The molecule has 0 saturated heterocycles. The van der Waals surface area contributed by atoms with Gasteiger partial charge in [-0.1, -0.05) is 24.3 Å². The maximum atomic E-state index is 14.9. The fourth-order valence-corrected chi connectivity index (χ4v) is 4.00. The van der Waals surface area contributed by atoms with Crippen molar-refractivity contribution in [1.82, 2.24) is 0 Å². The Morgan fingerprint density at radius 1 is 0.833 bits per heavy atom. The summed E-state index contributed by atoms with van der Waals surface area (Å²) in [5.74, 6) is 0.449. The number of para-hydroxylation sites is 1. The van der Waals surface area contributed by atoms with Crippen molar-refractivity contribution in [3.05, 3.63) is 89.0 Å². The maximum absolute atomic E-state index is 14.9. The zero-order valence-corrected chi connectivity index (χ0v) is 17.7. The first-order valence-electron chi connectivity index (χ1n) is 9.46. The van der Waals surface area contributed by atoms with Crippen molar-refractivity contribution < 1.29 is 35.2 Å². The summed E-state index contributed by atoms with van der Waals surface area (Å²) in [4.78, 5) is 0. The van der Waals surface area contributed by atoms with Crippen molar-refractivity contribution in [2.45, 2.75) is 19.4 Å². The van der Waals surface area contributed by atoms with Crippen LogP contribution in [0.2, 0.25) is 0 Å². The molecule has 0 radical (unpaired) electrons. The second kappa shape index (κ2) is 8.84. The molecule has 0 spiro atoms. The Balaban J connectivity index is 0.00000256. The van der Waals surface area contributed by atoms with E-state index in [9.17, 15) is 8.78 Å². The first-order chi connectivity index (χ1) is 14.0. The number of halogens is 3. The molecular formula is C24H22ClF2NO2. The standard InChI is InChI=1S/C24H22F2NO2.ClH/c1-15-12-16-13-22(28-2)23(29-3)14-18(16)24(17-8-4-5-9-19(17)25)27(15)21-11-7-6-10-20(21)26;/h4-11,13-15H,12H2,1-3H3;1H/q+1;/p-1. The van der Waals surface area contributed by atoms with Gasteiger partial charge in [0.25, 0.3) is 0 Å². The van der Waals surface area contributed by atoms with E-state index in [0.29, 0.717) is 34.9 Å². The molecule has 3 aromatic carbocycles. The fourth-order valence-electron chi connectivity index (χ4n) is 4.00. The molecule has 0 aliphatic carbocycles. The highest BCUT2D eigenvalue weighted by atomic mass is 35.5. The molecule has 4 rings (SSSR count). The summed E-state index contributed by atoms with van der Waals surface area (Å²) in [7, 11) is 3.15. The summed E-state index contributed by atoms with van der Waals surface area (Å²) in [6, 6.07) is 16.8. The number of fused-ring (bicyclic) bond motifs is 1. The van der Waals surface area contributed by atoms with Crippen LogP contribution < -0.4 is 21.9 Å². The molecule has 0 amide bonds. The van der Waals surface area contributed by atoms with Crippen LogP contribution in [0.5, 0.6) is 11.5 Å². The van der Waals surface area contributed by atoms with Crippen molar-refractivity contribution in [2.75, 3.05) is 14.2 Å². The molecule has 0 saturated carbocycles. The van der Waals surface area contributed by atoms with Crippen LogP contribution in [0.15, 0.2) is 60.7 Å². The van der Waals surface area contributed by atoms with E-state index in [1.807, 2.05) is 23.6 Å². The van der Waals surface area contributed by atoms with Crippen LogP contribution in [0.25, 0.3) is 0 Å². The monoisotopic (exact) mass is 429 g/mol. The topological polar surface area (TPSA) is 21.5 Å². The van der Waals surface area contributed by atoms with E-state index in [4.69, 9.17) is 9.47 Å². The third-order valence-electron chi connectivity index (χ3n) is 5.30. The van der Waals surface area contributed by atoms with Gasteiger partial charge in [-0.2, -0.15) is 8.97 Å². The predicted octanol–water partition coefficient (Wildman–Crippen LogP) is 2.11. The van der Waals surface area contributed by atoms with Crippen molar-refractivity contribution in [1.29, 1.82) is 0 Å². The van der Waals surface area contributed by atoms with E-state index in [2.05, 4.69) is 0 Å².